The lowest BCUT2D eigenvalue weighted by Gasteiger charge is -2.30. The van der Waals surface area contributed by atoms with E-state index in [1.807, 2.05) is 0 Å². The van der Waals surface area contributed by atoms with Crippen molar-refractivity contribution < 1.29 is 22.4 Å². The summed E-state index contributed by atoms with van der Waals surface area (Å²) in [7, 11) is -2.13. The summed E-state index contributed by atoms with van der Waals surface area (Å²) >= 11 is 13.2. The Bertz CT molecular complexity index is 1220. The van der Waals surface area contributed by atoms with Crippen molar-refractivity contribution in [2.45, 2.75) is 17.7 Å². The smallest absolute Gasteiger partial charge is 0.322 e. The van der Waals surface area contributed by atoms with Gasteiger partial charge in [0, 0.05) is 19.0 Å². The number of carbonyl (C=O) groups excluding carboxylic acids is 1. The Morgan fingerprint density at radius 1 is 1.22 bits per heavy atom. The summed E-state index contributed by atoms with van der Waals surface area (Å²) in [6.45, 7) is 0.453. The number of ether oxygens (including phenoxy) is 1. The molecule has 1 aliphatic rings. The molecule has 1 saturated heterocycles. The first-order valence-electron chi connectivity index (χ1n) is 9.51. The van der Waals surface area contributed by atoms with Crippen molar-refractivity contribution in [1.29, 1.82) is 0 Å². The first-order valence-corrected chi connectivity index (χ1v) is 12.5. The molecule has 1 fully saturated rings. The Hall–Kier alpha value is -2.18. The average molecular weight is 517 g/mol. The van der Waals surface area contributed by atoms with Gasteiger partial charge < -0.3 is 9.15 Å². The molecule has 0 unspecified atom stereocenters. The van der Waals surface area contributed by atoms with Crippen LogP contribution in [0.1, 0.15) is 12.8 Å². The van der Waals surface area contributed by atoms with Gasteiger partial charge in [0.2, 0.25) is 15.9 Å². The summed E-state index contributed by atoms with van der Waals surface area (Å²) in [4.78, 5) is 12.8. The number of carbonyl (C=O) groups is 1. The lowest BCUT2D eigenvalue weighted by atomic mass is 9.97. The second-order valence-corrected chi connectivity index (χ2v) is 11.2. The third-order valence-corrected chi connectivity index (χ3v) is 8.46. The van der Waals surface area contributed by atoms with Crippen LogP contribution in [-0.2, 0) is 14.8 Å². The second kappa shape index (κ2) is 9.36. The Labute approximate surface area is 198 Å². The first kappa shape index (κ1) is 23.0. The summed E-state index contributed by atoms with van der Waals surface area (Å²) in [5.74, 6) is 0.0322. The normalized spacial score (nSPS) is 15.6. The predicted octanol–water partition coefficient (Wildman–Crippen LogP) is 4.15. The Morgan fingerprint density at radius 2 is 1.91 bits per heavy atom. The quantitative estimate of drug-likeness (QED) is 0.522. The van der Waals surface area contributed by atoms with E-state index < -0.39 is 10.0 Å². The maximum absolute atomic E-state index is 12.9. The second-order valence-electron chi connectivity index (χ2n) is 6.99. The number of rotatable bonds is 6. The number of hydrogen-bond donors (Lipinski definition) is 1. The first-order chi connectivity index (χ1) is 15.3. The molecule has 1 aliphatic heterocycles. The Kier molecular flexibility index (Phi) is 6.72. The fourth-order valence-electron chi connectivity index (χ4n) is 3.33. The molecule has 170 valence electrons. The van der Waals surface area contributed by atoms with Gasteiger partial charge in [-0.1, -0.05) is 28.3 Å². The van der Waals surface area contributed by atoms with Crippen LogP contribution in [0, 0.1) is 5.92 Å². The van der Waals surface area contributed by atoms with Gasteiger partial charge in [0.05, 0.1) is 21.9 Å². The van der Waals surface area contributed by atoms with Crippen LogP contribution >= 0.6 is 34.5 Å². The Balaban J connectivity index is 1.36. The van der Waals surface area contributed by atoms with Gasteiger partial charge in [0.15, 0.2) is 0 Å². The van der Waals surface area contributed by atoms with Gasteiger partial charge in [-0.15, -0.1) is 16.4 Å². The van der Waals surface area contributed by atoms with E-state index in [0.29, 0.717) is 32.8 Å². The van der Waals surface area contributed by atoms with E-state index >= 15 is 0 Å². The van der Waals surface area contributed by atoms with Crippen molar-refractivity contribution in [2.24, 2.45) is 5.92 Å². The number of amides is 1. The van der Waals surface area contributed by atoms with Crippen molar-refractivity contribution in [2.75, 3.05) is 25.5 Å². The molecule has 2 aromatic heterocycles. The van der Waals surface area contributed by atoms with Crippen LogP contribution in [0.2, 0.25) is 8.67 Å². The van der Waals surface area contributed by atoms with Gasteiger partial charge in [0.1, 0.15) is 10.1 Å². The minimum atomic E-state index is -3.64. The molecule has 32 heavy (non-hydrogen) atoms. The van der Waals surface area contributed by atoms with Crippen molar-refractivity contribution in [3.8, 4) is 17.2 Å². The van der Waals surface area contributed by atoms with Gasteiger partial charge in [-0.25, -0.2) is 8.42 Å². The summed E-state index contributed by atoms with van der Waals surface area (Å²) in [5.41, 5.74) is 0.492. The molecular weight excluding hydrogens is 499 g/mol. The van der Waals surface area contributed by atoms with E-state index in [9.17, 15) is 13.2 Å². The highest BCUT2D eigenvalue weighted by molar-refractivity contribution is 7.89. The topological polar surface area (TPSA) is 115 Å². The number of methoxy groups -OCH3 is 1. The summed E-state index contributed by atoms with van der Waals surface area (Å²) < 4.78 is 38.5. The number of sulfonamides is 1. The molecule has 0 saturated carbocycles. The lowest BCUT2D eigenvalue weighted by molar-refractivity contribution is -0.121. The molecule has 3 heterocycles. The van der Waals surface area contributed by atoms with Crippen LogP contribution in [-0.4, -0.2) is 49.0 Å². The zero-order chi connectivity index (χ0) is 22.9. The molecule has 0 aliphatic carbocycles. The van der Waals surface area contributed by atoms with Gasteiger partial charge in [0.25, 0.3) is 5.89 Å². The summed E-state index contributed by atoms with van der Waals surface area (Å²) in [6.07, 6.45) is 0.738. The van der Waals surface area contributed by atoms with Crippen molar-refractivity contribution in [3.63, 3.8) is 0 Å². The largest absolute Gasteiger partial charge is 0.497 e. The molecular formula is C19H18Cl2N4O5S2. The summed E-state index contributed by atoms with van der Waals surface area (Å²) in [5, 5.41) is 10.3. The number of halogens is 2. The molecule has 1 amide bonds. The third kappa shape index (κ3) is 4.76. The van der Waals surface area contributed by atoms with E-state index in [1.165, 1.54) is 34.9 Å². The maximum atomic E-state index is 12.9. The molecule has 0 atom stereocenters. The van der Waals surface area contributed by atoms with Crippen LogP contribution in [0.3, 0.4) is 0 Å². The monoisotopic (exact) mass is 516 g/mol. The number of hydrogen-bond acceptors (Lipinski definition) is 8. The van der Waals surface area contributed by atoms with Gasteiger partial charge in [-0.2, -0.15) is 4.31 Å². The molecule has 1 aromatic carbocycles. The highest BCUT2D eigenvalue weighted by atomic mass is 35.5. The minimum Gasteiger partial charge on any atom is -0.497 e. The Morgan fingerprint density at radius 3 is 2.50 bits per heavy atom. The van der Waals surface area contributed by atoms with Crippen LogP contribution in [0.5, 0.6) is 5.75 Å². The van der Waals surface area contributed by atoms with Gasteiger partial charge in [-0.05, 0) is 43.2 Å². The number of thiophene rings is 1. The van der Waals surface area contributed by atoms with E-state index in [4.69, 9.17) is 32.4 Å². The number of piperidine rings is 1. The fraction of sp³-hybridized carbons (Fsp3) is 0.316. The zero-order valence-corrected chi connectivity index (χ0v) is 19.9. The van der Waals surface area contributed by atoms with Crippen molar-refractivity contribution in [3.05, 3.63) is 39.0 Å². The van der Waals surface area contributed by atoms with E-state index in [1.54, 1.807) is 18.2 Å². The van der Waals surface area contributed by atoms with Crippen molar-refractivity contribution in [1.82, 2.24) is 14.5 Å². The summed E-state index contributed by atoms with van der Waals surface area (Å²) in [6, 6.07) is 7.76. The van der Waals surface area contributed by atoms with Crippen LogP contribution in [0.4, 0.5) is 6.01 Å². The predicted molar refractivity (Wildman–Crippen MR) is 121 cm³/mol. The maximum Gasteiger partial charge on any atom is 0.322 e. The zero-order valence-electron chi connectivity index (χ0n) is 16.7. The highest BCUT2D eigenvalue weighted by Crippen LogP contribution is 2.38. The molecule has 4 rings (SSSR count). The molecule has 0 bridgehead atoms. The number of nitrogens with zero attached hydrogens (tertiary/aromatic N) is 3. The van der Waals surface area contributed by atoms with E-state index in [2.05, 4.69) is 15.5 Å². The average Bonchev–Trinajstić information content (AvgIpc) is 3.39. The van der Waals surface area contributed by atoms with Crippen LogP contribution in [0.15, 0.2) is 39.6 Å². The molecule has 0 spiro atoms. The number of anilines is 1. The number of aromatic nitrogens is 2. The third-order valence-electron chi connectivity index (χ3n) is 5.06. The van der Waals surface area contributed by atoms with Gasteiger partial charge in [-0.3, -0.25) is 10.1 Å². The highest BCUT2D eigenvalue weighted by Gasteiger charge is 2.32. The lowest BCUT2D eigenvalue weighted by Crippen LogP contribution is -2.41. The minimum absolute atomic E-state index is 0.0586. The van der Waals surface area contributed by atoms with Crippen LogP contribution < -0.4 is 10.1 Å². The fourth-order valence-corrected chi connectivity index (χ4v) is 6.25. The van der Waals surface area contributed by atoms with Gasteiger partial charge >= 0.3 is 6.01 Å². The number of nitrogens with one attached hydrogen (secondary N) is 1. The standard InChI is InChI=1S/C19H18Cl2N4O5S2/c1-29-12-2-4-13(5-3-12)32(27,28)25-8-6-11(7-9-25)17(26)22-19-24-23-18(30-19)14-10-15(20)31-16(14)21/h2-5,10-11H,6-9H2,1H3,(H,22,24,26). The number of benzene rings is 1. The molecule has 0 radical (unpaired) electrons. The molecule has 13 heteroatoms. The van der Waals surface area contributed by atoms with E-state index in [-0.39, 0.29) is 41.7 Å². The molecule has 9 nitrogen and oxygen atoms in total. The van der Waals surface area contributed by atoms with Crippen LogP contribution in [0.25, 0.3) is 11.5 Å². The van der Waals surface area contributed by atoms with E-state index in [0.717, 1.165) is 0 Å². The molecule has 3 aromatic rings. The molecule has 1 N–H and O–H groups in total. The SMILES string of the molecule is COc1ccc(S(=O)(=O)N2CCC(C(=O)Nc3nnc(-c4cc(Cl)sc4Cl)o3)CC2)cc1. The van der Waals surface area contributed by atoms with Crippen molar-refractivity contribution >= 4 is 56.5 Å².